The van der Waals surface area contributed by atoms with E-state index >= 15 is 0 Å². The number of allylic oxidation sites excluding steroid dienone is 4. The summed E-state index contributed by atoms with van der Waals surface area (Å²) in [6.07, 6.45) is 10.8. The fourth-order valence-electron chi connectivity index (χ4n) is 2.21. The summed E-state index contributed by atoms with van der Waals surface area (Å²) in [5, 5.41) is 0. The summed E-state index contributed by atoms with van der Waals surface area (Å²) in [7, 11) is 0. The van der Waals surface area contributed by atoms with Crippen LogP contribution in [0.15, 0.2) is 74.0 Å². The molecule has 0 saturated carbocycles. The summed E-state index contributed by atoms with van der Waals surface area (Å²) in [6.45, 7) is 3.52. The minimum absolute atomic E-state index is 0.145. The van der Waals surface area contributed by atoms with Crippen molar-refractivity contribution < 1.29 is 13.5 Å². The molecule has 0 atom stereocenters. The van der Waals surface area contributed by atoms with Crippen LogP contribution in [-0.2, 0) is 6.61 Å². The first kappa shape index (κ1) is 16.5. The van der Waals surface area contributed by atoms with Gasteiger partial charge in [0.1, 0.15) is 18.2 Å². The number of pyridine rings is 1. The first-order valence-electron chi connectivity index (χ1n) is 7.36. The maximum Gasteiger partial charge on any atom is 0.234 e. The van der Waals surface area contributed by atoms with Gasteiger partial charge in [-0.05, 0) is 24.3 Å². The quantitative estimate of drug-likeness (QED) is 0.635. The van der Waals surface area contributed by atoms with Gasteiger partial charge in [0.15, 0.2) is 0 Å². The number of hydrogen-bond acceptors (Lipinski definition) is 4. The highest BCUT2D eigenvalue weighted by molar-refractivity contribution is 5.77. The summed E-state index contributed by atoms with van der Waals surface area (Å²) in [4.78, 5) is 12.4. The summed E-state index contributed by atoms with van der Waals surface area (Å²) < 4.78 is 33.0. The lowest BCUT2D eigenvalue weighted by atomic mass is 10.1. The molecule has 5 nitrogen and oxygen atoms in total. The van der Waals surface area contributed by atoms with Crippen molar-refractivity contribution in [2.75, 3.05) is 0 Å². The van der Waals surface area contributed by atoms with E-state index in [4.69, 9.17) is 4.74 Å². The average molecular weight is 340 g/mol. The Morgan fingerprint density at radius 3 is 2.80 bits per heavy atom. The lowest BCUT2D eigenvalue weighted by Crippen LogP contribution is -1.95. The SMILES string of the molecule is C=C(F)/C(=C\C=C\F)c1cnc2nc(COc3ccncc3)cn2c1. The van der Waals surface area contributed by atoms with Crippen LogP contribution in [0.4, 0.5) is 8.78 Å². The van der Waals surface area contributed by atoms with E-state index in [-0.39, 0.29) is 12.2 Å². The molecule has 25 heavy (non-hydrogen) atoms. The van der Waals surface area contributed by atoms with Crippen LogP contribution in [0.25, 0.3) is 11.4 Å². The molecule has 0 aliphatic carbocycles. The summed E-state index contributed by atoms with van der Waals surface area (Å²) in [5.41, 5.74) is 1.26. The summed E-state index contributed by atoms with van der Waals surface area (Å²) >= 11 is 0. The van der Waals surface area contributed by atoms with Gasteiger partial charge in [0.25, 0.3) is 0 Å². The summed E-state index contributed by atoms with van der Waals surface area (Å²) in [6, 6.07) is 3.49. The van der Waals surface area contributed by atoms with Crippen LogP contribution >= 0.6 is 0 Å². The van der Waals surface area contributed by atoms with Gasteiger partial charge >= 0.3 is 0 Å². The summed E-state index contributed by atoms with van der Waals surface area (Å²) in [5.74, 6) is 0.445. The lowest BCUT2D eigenvalue weighted by Gasteiger charge is -2.04. The fourth-order valence-corrected chi connectivity index (χ4v) is 2.21. The van der Waals surface area contributed by atoms with Gasteiger partial charge in [0, 0.05) is 42.1 Å². The molecule has 3 heterocycles. The molecule has 0 aliphatic heterocycles. The van der Waals surface area contributed by atoms with Crippen molar-refractivity contribution in [1.29, 1.82) is 0 Å². The monoisotopic (exact) mass is 340 g/mol. The third-order valence-electron chi connectivity index (χ3n) is 3.34. The number of imidazole rings is 1. The lowest BCUT2D eigenvalue weighted by molar-refractivity contribution is 0.301. The maximum absolute atomic E-state index is 13.6. The predicted octanol–water partition coefficient (Wildman–Crippen LogP) is 4.05. The molecule has 0 amide bonds. The minimum Gasteiger partial charge on any atom is -0.487 e. The normalized spacial score (nSPS) is 12.0. The van der Waals surface area contributed by atoms with Crippen LogP contribution in [-0.4, -0.2) is 19.4 Å². The largest absolute Gasteiger partial charge is 0.487 e. The Labute approximate surface area is 142 Å². The Hall–Kier alpha value is -3.35. The van der Waals surface area contributed by atoms with Crippen molar-refractivity contribution >= 4 is 11.4 Å². The van der Waals surface area contributed by atoms with Crippen molar-refractivity contribution in [3.63, 3.8) is 0 Å². The number of aromatic nitrogens is 4. The molecule has 0 saturated heterocycles. The van der Waals surface area contributed by atoms with E-state index in [2.05, 4.69) is 21.5 Å². The van der Waals surface area contributed by atoms with Crippen LogP contribution in [0, 0.1) is 0 Å². The van der Waals surface area contributed by atoms with Gasteiger partial charge in [-0.3, -0.25) is 9.38 Å². The molecule has 0 spiro atoms. The van der Waals surface area contributed by atoms with E-state index in [1.807, 2.05) is 0 Å². The molecular formula is C18H14F2N4O. The predicted molar refractivity (Wildman–Crippen MR) is 90.0 cm³/mol. The zero-order valence-electron chi connectivity index (χ0n) is 13.1. The van der Waals surface area contributed by atoms with E-state index < -0.39 is 5.83 Å². The van der Waals surface area contributed by atoms with Crippen molar-refractivity contribution in [1.82, 2.24) is 19.4 Å². The van der Waals surface area contributed by atoms with Gasteiger partial charge in [0.2, 0.25) is 5.78 Å². The molecule has 7 heteroatoms. The molecule has 0 aliphatic rings. The highest BCUT2D eigenvalue weighted by Crippen LogP contribution is 2.23. The van der Waals surface area contributed by atoms with Crippen molar-refractivity contribution in [3.05, 3.63) is 85.3 Å². The number of nitrogens with zero attached hydrogens (tertiary/aromatic N) is 4. The van der Waals surface area contributed by atoms with Crippen LogP contribution < -0.4 is 4.74 Å². The van der Waals surface area contributed by atoms with E-state index in [1.165, 1.54) is 12.3 Å². The van der Waals surface area contributed by atoms with E-state index in [0.717, 1.165) is 6.08 Å². The van der Waals surface area contributed by atoms with E-state index in [0.29, 0.717) is 29.1 Å². The van der Waals surface area contributed by atoms with Crippen LogP contribution in [0.5, 0.6) is 5.75 Å². The first-order valence-corrected chi connectivity index (χ1v) is 7.36. The van der Waals surface area contributed by atoms with Gasteiger partial charge < -0.3 is 4.74 Å². The van der Waals surface area contributed by atoms with Crippen LogP contribution in [0.2, 0.25) is 0 Å². The van der Waals surface area contributed by atoms with Gasteiger partial charge in [-0.2, -0.15) is 0 Å². The third kappa shape index (κ3) is 3.95. The zero-order chi connectivity index (χ0) is 17.6. The maximum atomic E-state index is 13.6. The number of fused-ring (bicyclic) bond motifs is 1. The Bertz CT molecular complexity index is 948. The minimum atomic E-state index is -0.680. The highest BCUT2D eigenvalue weighted by atomic mass is 19.1. The topological polar surface area (TPSA) is 52.3 Å². The molecule has 3 rings (SSSR count). The van der Waals surface area contributed by atoms with Crippen molar-refractivity contribution in [3.8, 4) is 5.75 Å². The zero-order valence-corrected chi connectivity index (χ0v) is 13.1. The van der Waals surface area contributed by atoms with Gasteiger partial charge in [-0.25, -0.2) is 18.7 Å². The van der Waals surface area contributed by atoms with Gasteiger partial charge in [0.05, 0.1) is 12.0 Å². The van der Waals surface area contributed by atoms with Gasteiger partial charge in [-0.15, -0.1) is 0 Å². The average Bonchev–Trinajstić information content (AvgIpc) is 3.03. The second-order valence-electron chi connectivity index (χ2n) is 5.06. The van der Waals surface area contributed by atoms with Crippen LogP contribution in [0.1, 0.15) is 11.3 Å². The molecule has 0 aromatic carbocycles. The Kier molecular flexibility index (Phi) is 4.94. The van der Waals surface area contributed by atoms with Crippen LogP contribution in [0.3, 0.4) is 0 Å². The highest BCUT2D eigenvalue weighted by Gasteiger charge is 2.09. The Morgan fingerprint density at radius 1 is 1.28 bits per heavy atom. The Morgan fingerprint density at radius 2 is 2.08 bits per heavy atom. The van der Waals surface area contributed by atoms with Crippen molar-refractivity contribution in [2.45, 2.75) is 6.61 Å². The second kappa shape index (κ2) is 7.48. The first-order chi connectivity index (χ1) is 12.2. The number of halogens is 2. The van der Waals surface area contributed by atoms with E-state index in [9.17, 15) is 8.78 Å². The molecule has 0 fully saturated rings. The second-order valence-corrected chi connectivity index (χ2v) is 5.06. The molecular weight excluding hydrogens is 326 g/mol. The number of rotatable bonds is 6. The molecule has 0 bridgehead atoms. The fraction of sp³-hybridized carbons (Fsp3) is 0.0556. The van der Waals surface area contributed by atoms with Gasteiger partial charge in [-0.1, -0.05) is 6.58 Å². The Balaban J connectivity index is 1.85. The molecule has 126 valence electrons. The smallest absolute Gasteiger partial charge is 0.234 e. The third-order valence-corrected chi connectivity index (χ3v) is 3.34. The number of ether oxygens (including phenoxy) is 1. The standard InChI is InChI=1S/C18H14F2N4O/c1-13(20)17(3-2-6-19)14-9-22-18-23-15(11-24(18)10-14)12-25-16-4-7-21-8-5-16/h2-11H,1,12H2/b6-2+,17-3+. The molecule has 0 radical (unpaired) electrons. The molecule has 0 N–H and O–H groups in total. The number of hydrogen-bond donors (Lipinski definition) is 0. The molecule has 3 aromatic rings. The molecule has 0 unspecified atom stereocenters. The van der Waals surface area contributed by atoms with E-state index in [1.54, 1.807) is 41.3 Å². The molecule has 3 aromatic heterocycles. The van der Waals surface area contributed by atoms with Crippen molar-refractivity contribution in [2.24, 2.45) is 0 Å².